The lowest BCUT2D eigenvalue weighted by atomic mass is 10.00. The SMILES string of the molecule is CC(C)CC(NC(=O)C(Cc1ccccc1)NC(=O)CNC1Cc2ccccc2C1)C(=O)NC(CCCCN)C(=O)N1CCOCC1. The smallest absolute Gasteiger partial charge is 0.245 e. The van der Waals surface area contributed by atoms with Crippen molar-refractivity contribution in [2.24, 2.45) is 11.7 Å². The number of hydrogen-bond donors (Lipinski definition) is 5. The van der Waals surface area contributed by atoms with Crippen molar-refractivity contribution in [3.8, 4) is 0 Å². The number of nitrogens with zero attached hydrogens (tertiary/aromatic N) is 1. The van der Waals surface area contributed by atoms with Crippen LogP contribution in [-0.4, -0.2) is 92.1 Å². The summed E-state index contributed by atoms with van der Waals surface area (Å²) in [4.78, 5) is 55.9. The van der Waals surface area contributed by atoms with E-state index in [1.807, 2.05) is 56.3 Å². The van der Waals surface area contributed by atoms with Gasteiger partial charge in [-0.05, 0) is 67.7 Å². The zero-order chi connectivity index (χ0) is 33.6. The molecule has 6 N–H and O–H groups in total. The first kappa shape index (κ1) is 36.0. The summed E-state index contributed by atoms with van der Waals surface area (Å²) in [7, 11) is 0. The third-order valence-corrected chi connectivity index (χ3v) is 8.76. The van der Waals surface area contributed by atoms with E-state index in [4.69, 9.17) is 10.5 Å². The van der Waals surface area contributed by atoms with Crippen LogP contribution in [0.25, 0.3) is 0 Å². The summed E-state index contributed by atoms with van der Waals surface area (Å²) >= 11 is 0. The Kier molecular flexibility index (Phi) is 14.2. The van der Waals surface area contributed by atoms with Crippen LogP contribution in [-0.2, 0) is 43.2 Å². The summed E-state index contributed by atoms with van der Waals surface area (Å²) in [5.74, 6) is -1.23. The van der Waals surface area contributed by atoms with Crippen molar-refractivity contribution < 1.29 is 23.9 Å². The second-order valence-electron chi connectivity index (χ2n) is 13.0. The van der Waals surface area contributed by atoms with E-state index in [2.05, 4.69) is 33.4 Å². The maximum atomic E-state index is 13.8. The number of unbranched alkanes of at least 4 members (excludes halogenated alkanes) is 1. The van der Waals surface area contributed by atoms with Gasteiger partial charge in [0, 0.05) is 25.6 Å². The normalized spacial score (nSPS) is 16.6. The molecule has 0 aromatic heterocycles. The number of fused-ring (bicyclic) bond motifs is 1. The Morgan fingerprint density at radius 3 is 2.09 bits per heavy atom. The molecule has 47 heavy (non-hydrogen) atoms. The fourth-order valence-corrected chi connectivity index (χ4v) is 6.25. The van der Waals surface area contributed by atoms with Gasteiger partial charge in [-0.3, -0.25) is 19.2 Å². The Labute approximate surface area is 278 Å². The van der Waals surface area contributed by atoms with Gasteiger partial charge in [-0.1, -0.05) is 68.4 Å². The van der Waals surface area contributed by atoms with Crippen LogP contribution in [0.4, 0.5) is 0 Å². The molecule has 3 unspecified atom stereocenters. The Balaban J connectivity index is 1.42. The van der Waals surface area contributed by atoms with E-state index < -0.39 is 29.9 Å². The number of carbonyl (C=O) groups excluding carboxylic acids is 4. The van der Waals surface area contributed by atoms with Gasteiger partial charge in [0.1, 0.15) is 18.1 Å². The van der Waals surface area contributed by atoms with E-state index in [-0.39, 0.29) is 36.7 Å². The number of nitrogens with one attached hydrogen (secondary N) is 4. The first-order chi connectivity index (χ1) is 22.7. The second-order valence-corrected chi connectivity index (χ2v) is 13.0. The maximum Gasteiger partial charge on any atom is 0.245 e. The largest absolute Gasteiger partial charge is 0.378 e. The second kappa shape index (κ2) is 18.5. The Bertz CT molecular complexity index is 1290. The molecule has 4 rings (SSSR count). The Hall–Kier alpha value is -3.80. The van der Waals surface area contributed by atoms with Crippen LogP contribution in [0.2, 0.25) is 0 Å². The van der Waals surface area contributed by atoms with E-state index >= 15 is 0 Å². The number of benzene rings is 2. The summed E-state index contributed by atoms with van der Waals surface area (Å²) in [5, 5.41) is 12.1. The molecule has 11 nitrogen and oxygen atoms in total. The van der Waals surface area contributed by atoms with Crippen molar-refractivity contribution in [1.29, 1.82) is 0 Å². The van der Waals surface area contributed by atoms with Crippen molar-refractivity contribution in [2.45, 2.75) is 83.0 Å². The van der Waals surface area contributed by atoms with Crippen LogP contribution < -0.4 is 27.0 Å². The summed E-state index contributed by atoms with van der Waals surface area (Å²) in [6.45, 7) is 6.37. The molecule has 1 heterocycles. The van der Waals surface area contributed by atoms with Gasteiger partial charge in [0.15, 0.2) is 0 Å². The van der Waals surface area contributed by atoms with Crippen LogP contribution in [0.3, 0.4) is 0 Å². The predicted molar refractivity (Wildman–Crippen MR) is 181 cm³/mol. The minimum atomic E-state index is -0.898. The van der Waals surface area contributed by atoms with E-state index in [0.29, 0.717) is 52.1 Å². The minimum absolute atomic E-state index is 0.0707. The molecule has 0 spiro atoms. The summed E-state index contributed by atoms with van der Waals surface area (Å²) in [6, 6.07) is 15.4. The van der Waals surface area contributed by atoms with E-state index in [0.717, 1.165) is 24.8 Å². The van der Waals surface area contributed by atoms with Gasteiger partial charge in [0.25, 0.3) is 0 Å². The molecular formula is C36H52N6O5. The number of amides is 4. The first-order valence-electron chi connectivity index (χ1n) is 17.0. The molecular weight excluding hydrogens is 596 g/mol. The quantitative estimate of drug-likeness (QED) is 0.163. The number of hydrogen-bond acceptors (Lipinski definition) is 7. The van der Waals surface area contributed by atoms with Crippen LogP contribution in [0.15, 0.2) is 54.6 Å². The summed E-state index contributed by atoms with van der Waals surface area (Å²) in [6.07, 6.45) is 4.21. The lowest BCUT2D eigenvalue weighted by Gasteiger charge is -2.32. The molecule has 1 saturated heterocycles. The van der Waals surface area contributed by atoms with Crippen molar-refractivity contribution in [2.75, 3.05) is 39.4 Å². The van der Waals surface area contributed by atoms with Crippen molar-refractivity contribution in [3.05, 3.63) is 71.3 Å². The van der Waals surface area contributed by atoms with Crippen LogP contribution >= 0.6 is 0 Å². The maximum absolute atomic E-state index is 13.8. The fourth-order valence-electron chi connectivity index (χ4n) is 6.25. The third kappa shape index (κ3) is 11.4. The van der Waals surface area contributed by atoms with Gasteiger partial charge in [0.2, 0.25) is 23.6 Å². The molecule has 2 aromatic rings. The number of carbonyl (C=O) groups is 4. The van der Waals surface area contributed by atoms with Crippen LogP contribution in [0.1, 0.15) is 56.2 Å². The molecule has 3 atom stereocenters. The molecule has 1 fully saturated rings. The Morgan fingerprint density at radius 2 is 1.45 bits per heavy atom. The topological polar surface area (TPSA) is 155 Å². The molecule has 0 bridgehead atoms. The highest BCUT2D eigenvalue weighted by Gasteiger charge is 2.32. The third-order valence-electron chi connectivity index (χ3n) is 8.76. The predicted octanol–water partition coefficient (Wildman–Crippen LogP) is 1.47. The molecule has 2 aromatic carbocycles. The average molecular weight is 649 g/mol. The highest BCUT2D eigenvalue weighted by Crippen LogP contribution is 2.21. The Morgan fingerprint density at radius 1 is 0.830 bits per heavy atom. The minimum Gasteiger partial charge on any atom is -0.378 e. The van der Waals surface area contributed by atoms with Crippen LogP contribution in [0.5, 0.6) is 0 Å². The summed E-state index contributed by atoms with van der Waals surface area (Å²) in [5.41, 5.74) is 9.15. The van der Waals surface area contributed by atoms with E-state index in [1.165, 1.54) is 11.1 Å². The highest BCUT2D eigenvalue weighted by molar-refractivity contribution is 5.94. The lowest BCUT2D eigenvalue weighted by molar-refractivity contribution is -0.141. The molecule has 2 aliphatic rings. The molecule has 1 aliphatic heterocycles. The molecule has 1 aliphatic carbocycles. The number of morpholine rings is 1. The first-order valence-corrected chi connectivity index (χ1v) is 17.0. The molecule has 4 amide bonds. The van der Waals surface area contributed by atoms with Crippen molar-refractivity contribution in [3.63, 3.8) is 0 Å². The van der Waals surface area contributed by atoms with Gasteiger partial charge >= 0.3 is 0 Å². The van der Waals surface area contributed by atoms with Gasteiger partial charge in [0.05, 0.1) is 19.8 Å². The molecule has 0 radical (unpaired) electrons. The fraction of sp³-hybridized carbons (Fsp3) is 0.556. The average Bonchev–Trinajstić information content (AvgIpc) is 3.50. The van der Waals surface area contributed by atoms with E-state index in [1.54, 1.807) is 4.90 Å². The van der Waals surface area contributed by atoms with Gasteiger partial charge in [-0.15, -0.1) is 0 Å². The zero-order valence-corrected chi connectivity index (χ0v) is 27.8. The highest BCUT2D eigenvalue weighted by atomic mass is 16.5. The standard InChI is InChI=1S/C36H52N6O5/c1-25(2)20-31(34(44)40-30(14-8-9-15-37)36(46)42-16-18-47-19-17-42)41-35(45)32(21-26-10-4-3-5-11-26)39-33(43)24-38-29-22-27-12-6-7-13-28(27)23-29/h3-7,10-13,25,29-32,38H,8-9,14-24,37H2,1-2H3,(H,39,43)(H,40,44)(H,41,45). The van der Waals surface area contributed by atoms with Crippen molar-refractivity contribution >= 4 is 23.6 Å². The monoisotopic (exact) mass is 648 g/mol. The lowest BCUT2D eigenvalue weighted by Crippen LogP contribution is -2.58. The number of nitrogens with two attached hydrogens (primary N) is 1. The summed E-state index contributed by atoms with van der Waals surface area (Å²) < 4.78 is 5.40. The van der Waals surface area contributed by atoms with Crippen molar-refractivity contribution in [1.82, 2.24) is 26.2 Å². The van der Waals surface area contributed by atoms with Gasteiger partial charge in [-0.2, -0.15) is 0 Å². The van der Waals surface area contributed by atoms with E-state index in [9.17, 15) is 19.2 Å². The van der Waals surface area contributed by atoms with Gasteiger partial charge < -0.3 is 36.6 Å². The molecule has 256 valence electrons. The molecule has 0 saturated carbocycles. The van der Waals surface area contributed by atoms with Crippen LogP contribution in [0, 0.1) is 5.92 Å². The number of ether oxygens (including phenoxy) is 1. The zero-order valence-electron chi connectivity index (χ0n) is 27.8. The van der Waals surface area contributed by atoms with Gasteiger partial charge in [-0.25, -0.2) is 0 Å². The number of rotatable bonds is 17. The molecule has 11 heteroatoms.